The van der Waals surface area contributed by atoms with Gasteiger partial charge in [0.15, 0.2) is 0 Å². The first kappa shape index (κ1) is 16.0. The lowest BCUT2D eigenvalue weighted by Gasteiger charge is -2.07. The van der Waals surface area contributed by atoms with Crippen LogP contribution < -0.4 is 5.73 Å². The summed E-state index contributed by atoms with van der Waals surface area (Å²) in [7, 11) is 1.76. The van der Waals surface area contributed by atoms with E-state index in [1.54, 1.807) is 13.2 Å². The smallest absolute Gasteiger partial charge is 0.0702 e. The Kier molecular flexibility index (Phi) is 4.15. The summed E-state index contributed by atoms with van der Waals surface area (Å²) in [6.45, 7) is 0. The second-order valence-electron chi connectivity index (χ2n) is 6.04. The van der Waals surface area contributed by atoms with Crippen molar-refractivity contribution in [1.82, 2.24) is 9.97 Å². The van der Waals surface area contributed by atoms with Gasteiger partial charge in [-0.25, -0.2) is 0 Å². The van der Waals surface area contributed by atoms with Crippen molar-refractivity contribution in [2.24, 2.45) is 10.7 Å². The van der Waals surface area contributed by atoms with Crippen LogP contribution in [0.5, 0.6) is 0 Å². The average molecular weight is 338 g/mol. The average Bonchev–Trinajstić information content (AvgIpc) is 2.71. The number of hydrogen-bond acceptors (Lipinski definition) is 4. The number of para-hydroxylation sites is 2. The summed E-state index contributed by atoms with van der Waals surface area (Å²) in [5.41, 5.74) is 11.5. The molecular weight excluding hydrogens is 320 g/mol. The van der Waals surface area contributed by atoms with Crippen LogP contribution in [0.25, 0.3) is 27.5 Å². The molecule has 126 valence electrons. The molecule has 4 heteroatoms. The summed E-state index contributed by atoms with van der Waals surface area (Å²) in [6, 6.07) is 20.1. The van der Waals surface area contributed by atoms with Gasteiger partial charge in [0.25, 0.3) is 0 Å². The molecule has 2 aromatic heterocycles. The fourth-order valence-corrected chi connectivity index (χ4v) is 2.95. The van der Waals surface area contributed by atoms with Crippen molar-refractivity contribution in [1.29, 1.82) is 0 Å². The number of rotatable bonds is 3. The van der Waals surface area contributed by atoms with Crippen molar-refractivity contribution in [3.63, 3.8) is 0 Å². The molecular formula is C22H18N4. The van der Waals surface area contributed by atoms with Crippen LogP contribution in [0.4, 0.5) is 0 Å². The molecule has 0 aliphatic carbocycles. The number of fused-ring (bicyclic) bond motifs is 2. The molecule has 0 spiro atoms. The lowest BCUT2D eigenvalue weighted by atomic mass is 10.1. The van der Waals surface area contributed by atoms with E-state index in [0.29, 0.717) is 5.70 Å². The van der Waals surface area contributed by atoms with Crippen LogP contribution in [0.1, 0.15) is 11.1 Å². The van der Waals surface area contributed by atoms with Crippen molar-refractivity contribution in [2.75, 3.05) is 7.05 Å². The molecule has 4 nitrogen and oxygen atoms in total. The van der Waals surface area contributed by atoms with Crippen LogP contribution in [-0.2, 0) is 0 Å². The molecule has 4 aromatic rings. The number of pyridine rings is 2. The van der Waals surface area contributed by atoms with Crippen LogP contribution in [0.2, 0.25) is 0 Å². The third-order valence-corrected chi connectivity index (χ3v) is 4.34. The Bertz CT molecular complexity index is 1160. The highest BCUT2D eigenvalue weighted by molar-refractivity contribution is 6.13. The van der Waals surface area contributed by atoms with E-state index in [-0.39, 0.29) is 0 Å². The van der Waals surface area contributed by atoms with E-state index in [9.17, 15) is 0 Å². The molecule has 0 saturated carbocycles. The van der Waals surface area contributed by atoms with Crippen molar-refractivity contribution < 1.29 is 0 Å². The fraction of sp³-hybridized carbons (Fsp3) is 0.0455. The number of aliphatic imine (C=N–C) groups is 1. The molecule has 2 heterocycles. The SMILES string of the molecule is CN=C(C=C(N)c1cnc2ccccc2c1)c1cnc2ccccc2c1. The molecule has 2 N–H and O–H groups in total. The number of hydrogen-bond donors (Lipinski definition) is 1. The van der Waals surface area contributed by atoms with E-state index in [4.69, 9.17) is 5.73 Å². The van der Waals surface area contributed by atoms with Gasteiger partial charge in [-0.15, -0.1) is 0 Å². The first-order valence-electron chi connectivity index (χ1n) is 8.39. The molecule has 4 rings (SSSR count). The maximum atomic E-state index is 6.33. The van der Waals surface area contributed by atoms with Crippen LogP contribution >= 0.6 is 0 Å². The van der Waals surface area contributed by atoms with Gasteiger partial charge in [-0.05, 0) is 30.3 Å². The van der Waals surface area contributed by atoms with Crippen LogP contribution in [-0.4, -0.2) is 22.7 Å². The van der Waals surface area contributed by atoms with Crippen molar-refractivity contribution in [3.8, 4) is 0 Å². The van der Waals surface area contributed by atoms with E-state index >= 15 is 0 Å². The molecule has 2 aromatic carbocycles. The third kappa shape index (κ3) is 3.05. The number of nitrogens with two attached hydrogens (primary N) is 1. The van der Waals surface area contributed by atoms with Gasteiger partial charge in [0, 0.05) is 47.0 Å². The molecule has 0 atom stereocenters. The zero-order valence-corrected chi connectivity index (χ0v) is 14.4. The minimum absolute atomic E-state index is 0.622. The minimum atomic E-state index is 0.622. The molecule has 26 heavy (non-hydrogen) atoms. The number of nitrogens with zero attached hydrogens (tertiary/aromatic N) is 3. The zero-order valence-electron chi connectivity index (χ0n) is 14.4. The summed E-state index contributed by atoms with van der Waals surface area (Å²) in [5, 5.41) is 2.13. The number of aromatic nitrogens is 2. The van der Waals surface area contributed by atoms with Crippen LogP contribution in [0.3, 0.4) is 0 Å². The summed E-state index contributed by atoms with van der Waals surface area (Å²) < 4.78 is 0. The van der Waals surface area contributed by atoms with Crippen LogP contribution in [0, 0.1) is 0 Å². The zero-order chi connectivity index (χ0) is 17.9. The summed E-state index contributed by atoms with van der Waals surface area (Å²) in [5.74, 6) is 0. The van der Waals surface area contributed by atoms with Gasteiger partial charge in [0.05, 0.1) is 16.7 Å². The van der Waals surface area contributed by atoms with Gasteiger partial charge in [0.1, 0.15) is 0 Å². The Morgan fingerprint density at radius 1 is 0.846 bits per heavy atom. The summed E-state index contributed by atoms with van der Waals surface area (Å²) in [4.78, 5) is 13.4. The Morgan fingerprint density at radius 3 is 2.00 bits per heavy atom. The third-order valence-electron chi connectivity index (χ3n) is 4.34. The fourth-order valence-electron chi connectivity index (χ4n) is 2.95. The van der Waals surface area contributed by atoms with Gasteiger partial charge in [-0.1, -0.05) is 36.4 Å². The van der Waals surface area contributed by atoms with E-state index in [2.05, 4.69) is 21.0 Å². The van der Waals surface area contributed by atoms with Gasteiger partial charge in [-0.3, -0.25) is 15.0 Å². The second kappa shape index (κ2) is 6.76. The summed E-state index contributed by atoms with van der Waals surface area (Å²) in [6.07, 6.45) is 5.49. The molecule has 0 fully saturated rings. The summed E-state index contributed by atoms with van der Waals surface area (Å²) >= 11 is 0. The Balaban J connectivity index is 1.73. The van der Waals surface area contributed by atoms with Crippen molar-refractivity contribution in [3.05, 3.63) is 90.3 Å². The highest BCUT2D eigenvalue weighted by Crippen LogP contribution is 2.18. The molecule has 0 saturated heterocycles. The Hall–Kier alpha value is -3.53. The molecule has 0 unspecified atom stereocenters. The Labute approximate surface area is 151 Å². The predicted molar refractivity (Wildman–Crippen MR) is 108 cm³/mol. The van der Waals surface area contributed by atoms with E-state index < -0.39 is 0 Å². The normalized spacial score (nSPS) is 12.7. The number of benzene rings is 2. The van der Waals surface area contributed by atoms with Crippen LogP contribution in [0.15, 0.2) is 84.1 Å². The molecule has 0 aliphatic rings. The van der Waals surface area contributed by atoms with E-state index in [0.717, 1.165) is 38.6 Å². The quantitative estimate of drug-likeness (QED) is 0.569. The van der Waals surface area contributed by atoms with Crippen molar-refractivity contribution >= 4 is 33.2 Å². The molecule has 0 radical (unpaired) electrons. The van der Waals surface area contributed by atoms with Gasteiger partial charge in [-0.2, -0.15) is 0 Å². The van der Waals surface area contributed by atoms with Gasteiger partial charge in [0.2, 0.25) is 0 Å². The van der Waals surface area contributed by atoms with Crippen molar-refractivity contribution in [2.45, 2.75) is 0 Å². The van der Waals surface area contributed by atoms with E-state index in [1.165, 1.54) is 0 Å². The highest BCUT2D eigenvalue weighted by Gasteiger charge is 2.06. The first-order chi connectivity index (χ1) is 12.7. The largest absolute Gasteiger partial charge is 0.398 e. The molecule has 0 amide bonds. The topological polar surface area (TPSA) is 64.2 Å². The molecule has 0 aliphatic heterocycles. The molecule has 0 bridgehead atoms. The second-order valence-corrected chi connectivity index (χ2v) is 6.04. The maximum Gasteiger partial charge on any atom is 0.0702 e. The predicted octanol–water partition coefficient (Wildman–Crippen LogP) is 4.20. The van der Waals surface area contributed by atoms with Gasteiger partial charge < -0.3 is 5.73 Å². The standard InChI is InChI=1S/C22H18N4/c1-24-22(18-11-16-7-3-5-9-21(16)26-14-18)12-19(23)17-10-15-6-2-4-8-20(15)25-13-17/h2-14H,23H2,1H3. The lowest BCUT2D eigenvalue weighted by Crippen LogP contribution is -2.04. The Morgan fingerprint density at radius 2 is 1.38 bits per heavy atom. The van der Waals surface area contributed by atoms with E-state index in [1.807, 2.05) is 66.9 Å². The monoisotopic (exact) mass is 338 g/mol. The van der Waals surface area contributed by atoms with Gasteiger partial charge >= 0.3 is 0 Å². The first-order valence-corrected chi connectivity index (χ1v) is 8.39. The minimum Gasteiger partial charge on any atom is -0.398 e. The maximum absolute atomic E-state index is 6.33. The highest BCUT2D eigenvalue weighted by atomic mass is 14.7. The lowest BCUT2D eigenvalue weighted by molar-refractivity contribution is 1.36. The number of allylic oxidation sites excluding steroid dienone is 1.